The average Bonchev–Trinajstić information content (AvgIpc) is 2.72. The van der Waals surface area contributed by atoms with Crippen LogP contribution in [0.15, 0.2) is 0 Å². The second-order valence-electron chi connectivity index (χ2n) is 4.97. The molecule has 0 radical (unpaired) electrons. The van der Waals surface area contributed by atoms with Crippen LogP contribution in [0.5, 0.6) is 0 Å². The van der Waals surface area contributed by atoms with Crippen molar-refractivity contribution >= 4 is 12.2 Å². The monoisotopic (exact) mass is 227 g/mol. The number of carbonyl (C=O) groups excluding carboxylic acids is 2. The molecule has 4 atom stereocenters. The summed E-state index contributed by atoms with van der Waals surface area (Å²) in [6.07, 6.45) is -0.724. The summed E-state index contributed by atoms with van der Waals surface area (Å²) < 4.78 is 5.48. The highest BCUT2D eigenvalue weighted by atomic mass is 16.5. The lowest BCUT2D eigenvalue weighted by Crippen LogP contribution is -2.57. The number of fused-ring (bicyclic) bond motifs is 1. The molecule has 0 aromatic rings. The fraction of sp³-hybridized carbons (Fsp3) is 0.818. The number of rotatable bonds is 2. The molecule has 4 unspecified atom stereocenters. The SMILES string of the molecule is CC(C)C1OCN2C(=O)C(C)C(O)C12C=O. The van der Waals surface area contributed by atoms with E-state index in [0.29, 0.717) is 6.29 Å². The van der Waals surface area contributed by atoms with Crippen LogP contribution in [0.25, 0.3) is 0 Å². The number of aliphatic hydroxyl groups excluding tert-OH is 1. The molecule has 0 aliphatic carbocycles. The number of carbonyl (C=O) groups is 2. The molecule has 2 rings (SSSR count). The second kappa shape index (κ2) is 3.53. The molecule has 1 amide bonds. The Morgan fingerprint density at radius 2 is 2.25 bits per heavy atom. The standard InChI is InChI=1S/C11H17NO4/c1-6(2)9-11(4-13)8(14)7(3)10(15)12(11)5-16-9/h4,6-9,14H,5H2,1-3H3. The third-order valence-corrected chi connectivity index (χ3v) is 3.70. The van der Waals surface area contributed by atoms with Gasteiger partial charge < -0.3 is 19.5 Å². The Hall–Kier alpha value is -0.940. The van der Waals surface area contributed by atoms with Crippen molar-refractivity contribution in [2.45, 2.75) is 38.5 Å². The smallest absolute Gasteiger partial charge is 0.230 e. The maximum Gasteiger partial charge on any atom is 0.230 e. The number of hydrogen-bond donors (Lipinski definition) is 1. The molecular formula is C11H17NO4. The summed E-state index contributed by atoms with van der Waals surface area (Å²) in [7, 11) is 0. The van der Waals surface area contributed by atoms with Gasteiger partial charge in [-0.25, -0.2) is 0 Å². The van der Waals surface area contributed by atoms with Crippen LogP contribution in [-0.4, -0.2) is 46.7 Å². The van der Waals surface area contributed by atoms with Crippen LogP contribution < -0.4 is 0 Å². The van der Waals surface area contributed by atoms with Gasteiger partial charge in [-0.2, -0.15) is 0 Å². The van der Waals surface area contributed by atoms with Gasteiger partial charge in [-0.1, -0.05) is 20.8 Å². The summed E-state index contributed by atoms with van der Waals surface area (Å²) in [5.41, 5.74) is -1.18. The first-order valence-electron chi connectivity index (χ1n) is 5.54. The number of hydrogen-bond acceptors (Lipinski definition) is 4. The van der Waals surface area contributed by atoms with Gasteiger partial charge in [0.1, 0.15) is 6.73 Å². The van der Waals surface area contributed by atoms with E-state index in [1.165, 1.54) is 4.90 Å². The van der Waals surface area contributed by atoms with Crippen molar-refractivity contribution in [2.75, 3.05) is 6.73 Å². The van der Waals surface area contributed by atoms with Crippen LogP contribution in [0.2, 0.25) is 0 Å². The maximum absolute atomic E-state index is 11.9. The van der Waals surface area contributed by atoms with Crippen molar-refractivity contribution in [3.63, 3.8) is 0 Å². The van der Waals surface area contributed by atoms with Crippen molar-refractivity contribution < 1.29 is 19.4 Å². The van der Waals surface area contributed by atoms with E-state index in [0.717, 1.165) is 0 Å². The Bertz CT molecular complexity index is 330. The van der Waals surface area contributed by atoms with Crippen molar-refractivity contribution in [1.29, 1.82) is 0 Å². The van der Waals surface area contributed by atoms with Crippen molar-refractivity contribution in [1.82, 2.24) is 4.90 Å². The van der Waals surface area contributed by atoms with E-state index in [1.54, 1.807) is 6.92 Å². The Labute approximate surface area is 94.4 Å². The second-order valence-corrected chi connectivity index (χ2v) is 4.97. The van der Waals surface area contributed by atoms with Gasteiger partial charge in [0.05, 0.1) is 18.1 Å². The number of nitrogens with zero attached hydrogens (tertiary/aromatic N) is 1. The van der Waals surface area contributed by atoms with Crippen LogP contribution in [0, 0.1) is 11.8 Å². The van der Waals surface area contributed by atoms with E-state index in [-0.39, 0.29) is 18.6 Å². The molecule has 2 fully saturated rings. The number of amides is 1. The first kappa shape index (κ1) is 11.5. The molecule has 0 saturated carbocycles. The molecule has 0 aromatic heterocycles. The van der Waals surface area contributed by atoms with E-state index < -0.39 is 23.7 Å². The molecule has 5 heteroatoms. The predicted octanol–water partition coefficient (Wildman–Crippen LogP) is -0.224. The Balaban J connectivity index is 2.46. The Kier molecular flexibility index (Phi) is 2.55. The normalized spacial score (nSPS) is 42.9. The quantitative estimate of drug-likeness (QED) is 0.662. The summed E-state index contributed by atoms with van der Waals surface area (Å²) >= 11 is 0. The van der Waals surface area contributed by atoms with Crippen molar-refractivity contribution in [2.24, 2.45) is 11.8 Å². The lowest BCUT2D eigenvalue weighted by Gasteiger charge is -2.34. The lowest BCUT2D eigenvalue weighted by molar-refractivity contribution is -0.135. The highest BCUT2D eigenvalue weighted by Gasteiger charge is 2.65. The average molecular weight is 227 g/mol. The van der Waals surface area contributed by atoms with E-state index >= 15 is 0 Å². The molecule has 90 valence electrons. The van der Waals surface area contributed by atoms with E-state index in [9.17, 15) is 14.7 Å². The Morgan fingerprint density at radius 1 is 1.62 bits per heavy atom. The minimum Gasteiger partial charge on any atom is -0.389 e. The fourth-order valence-electron chi connectivity index (χ4n) is 2.84. The predicted molar refractivity (Wildman–Crippen MR) is 55.4 cm³/mol. The van der Waals surface area contributed by atoms with E-state index in [2.05, 4.69) is 0 Å². The van der Waals surface area contributed by atoms with Gasteiger partial charge in [0, 0.05) is 0 Å². The number of aliphatic hydroxyl groups is 1. The maximum atomic E-state index is 11.9. The summed E-state index contributed by atoms with van der Waals surface area (Å²) in [5.74, 6) is -0.666. The Morgan fingerprint density at radius 3 is 2.75 bits per heavy atom. The van der Waals surface area contributed by atoms with Crippen LogP contribution in [0.1, 0.15) is 20.8 Å². The van der Waals surface area contributed by atoms with Gasteiger partial charge >= 0.3 is 0 Å². The highest BCUT2D eigenvalue weighted by Crippen LogP contribution is 2.43. The molecule has 0 bridgehead atoms. The third kappa shape index (κ3) is 1.13. The highest BCUT2D eigenvalue weighted by molar-refractivity contribution is 5.90. The molecule has 2 heterocycles. The summed E-state index contributed by atoms with van der Waals surface area (Å²) in [4.78, 5) is 24.6. The first-order chi connectivity index (χ1) is 7.46. The molecule has 0 aromatic carbocycles. The van der Waals surface area contributed by atoms with Gasteiger partial charge in [-0.15, -0.1) is 0 Å². The van der Waals surface area contributed by atoms with Crippen molar-refractivity contribution in [3.05, 3.63) is 0 Å². The molecular weight excluding hydrogens is 210 g/mol. The fourth-order valence-corrected chi connectivity index (χ4v) is 2.84. The van der Waals surface area contributed by atoms with E-state index in [4.69, 9.17) is 4.74 Å². The molecule has 1 N–H and O–H groups in total. The largest absolute Gasteiger partial charge is 0.389 e. The van der Waals surface area contributed by atoms with Crippen LogP contribution in [-0.2, 0) is 14.3 Å². The zero-order valence-corrected chi connectivity index (χ0v) is 9.71. The minimum atomic E-state index is -1.18. The van der Waals surface area contributed by atoms with Gasteiger partial charge in [-0.05, 0) is 5.92 Å². The van der Waals surface area contributed by atoms with Gasteiger partial charge in [-0.3, -0.25) is 4.79 Å². The van der Waals surface area contributed by atoms with Crippen LogP contribution in [0.4, 0.5) is 0 Å². The third-order valence-electron chi connectivity index (χ3n) is 3.70. The molecule has 2 aliphatic heterocycles. The first-order valence-corrected chi connectivity index (χ1v) is 5.54. The summed E-state index contributed by atoms with van der Waals surface area (Å²) in [6.45, 7) is 5.58. The molecule has 0 spiro atoms. The van der Waals surface area contributed by atoms with Crippen LogP contribution in [0.3, 0.4) is 0 Å². The van der Waals surface area contributed by atoms with Crippen LogP contribution >= 0.6 is 0 Å². The molecule has 5 nitrogen and oxygen atoms in total. The topological polar surface area (TPSA) is 66.8 Å². The molecule has 16 heavy (non-hydrogen) atoms. The van der Waals surface area contributed by atoms with Gasteiger partial charge in [0.15, 0.2) is 11.8 Å². The van der Waals surface area contributed by atoms with E-state index in [1.807, 2.05) is 13.8 Å². The van der Waals surface area contributed by atoms with Gasteiger partial charge in [0.25, 0.3) is 0 Å². The summed E-state index contributed by atoms with van der Waals surface area (Å²) in [5, 5.41) is 10.1. The van der Waals surface area contributed by atoms with Gasteiger partial charge in [0.2, 0.25) is 5.91 Å². The number of ether oxygens (including phenoxy) is 1. The zero-order valence-electron chi connectivity index (χ0n) is 9.71. The molecule has 2 saturated heterocycles. The minimum absolute atomic E-state index is 0.0722. The number of aldehydes is 1. The lowest BCUT2D eigenvalue weighted by atomic mass is 9.81. The van der Waals surface area contributed by atoms with Crippen molar-refractivity contribution in [3.8, 4) is 0 Å². The summed E-state index contributed by atoms with van der Waals surface area (Å²) in [6, 6.07) is 0. The molecule has 2 aliphatic rings. The zero-order chi connectivity index (χ0) is 12.1.